The van der Waals surface area contributed by atoms with E-state index in [-0.39, 0.29) is 5.69 Å². The molecule has 1 fully saturated rings. The summed E-state index contributed by atoms with van der Waals surface area (Å²) in [6.45, 7) is 4.92. The maximum Gasteiger partial charge on any atom is 0.416 e. The van der Waals surface area contributed by atoms with E-state index in [1.54, 1.807) is 18.3 Å². The Kier molecular flexibility index (Phi) is 7.06. The predicted octanol–water partition coefficient (Wildman–Crippen LogP) is 5.09. The maximum atomic E-state index is 12.9. The number of carbonyl (C=O) groups excluding carboxylic acids is 1. The molecule has 0 bridgehead atoms. The van der Waals surface area contributed by atoms with E-state index in [1.165, 1.54) is 12.1 Å². The molecule has 3 heterocycles. The van der Waals surface area contributed by atoms with Gasteiger partial charge < -0.3 is 15.4 Å². The molecule has 1 aliphatic heterocycles. The third-order valence-electron chi connectivity index (χ3n) is 6.17. The second-order valence-electron chi connectivity index (χ2n) is 8.65. The summed E-state index contributed by atoms with van der Waals surface area (Å²) in [5.41, 5.74) is 2.40. The molecule has 0 radical (unpaired) electrons. The van der Waals surface area contributed by atoms with E-state index in [2.05, 4.69) is 25.6 Å². The van der Waals surface area contributed by atoms with Crippen LogP contribution in [0.25, 0.3) is 22.2 Å². The van der Waals surface area contributed by atoms with Crippen molar-refractivity contribution in [2.75, 3.05) is 43.5 Å². The number of ether oxygens (including phenoxy) is 1. The number of anilines is 2. The first-order valence-electron chi connectivity index (χ1n) is 11.8. The van der Waals surface area contributed by atoms with E-state index in [4.69, 9.17) is 4.74 Å². The van der Waals surface area contributed by atoms with Gasteiger partial charge in [0, 0.05) is 42.6 Å². The Balaban J connectivity index is 1.25. The molecule has 2 aromatic carbocycles. The number of halogens is 3. The Morgan fingerprint density at radius 3 is 2.49 bits per heavy atom. The van der Waals surface area contributed by atoms with Crippen LogP contribution in [0.1, 0.15) is 5.56 Å². The summed E-state index contributed by atoms with van der Waals surface area (Å²) in [4.78, 5) is 19.2. The van der Waals surface area contributed by atoms with E-state index >= 15 is 0 Å². The Morgan fingerprint density at radius 2 is 1.73 bits per heavy atom. The number of pyridine rings is 1. The van der Waals surface area contributed by atoms with E-state index in [1.807, 2.05) is 29.1 Å². The highest BCUT2D eigenvalue weighted by Crippen LogP contribution is 2.31. The Hall–Kier alpha value is -3.96. The van der Waals surface area contributed by atoms with Gasteiger partial charge in [-0.05, 0) is 47.5 Å². The molecule has 192 valence electrons. The molecule has 0 unspecified atom stereocenters. The number of aromatic nitrogens is 3. The lowest BCUT2D eigenvalue weighted by Gasteiger charge is -2.26. The third kappa shape index (κ3) is 5.89. The summed E-state index contributed by atoms with van der Waals surface area (Å²) in [5, 5.41) is 10.5. The molecule has 8 nitrogen and oxygen atoms in total. The zero-order valence-corrected chi connectivity index (χ0v) is 19.8. The van der Waals surface area contributed by atoms with Gasteiger partial charge in [0.2, 0.25) is 0 Å². The molecule has 4 aromatic rings. The minimum Gasteiger partial charge on any atom is -0.379 e. The number of rotatable bonds is 6. The first kappa shape index (κ1) is 24.7. The number of nitrogens with zero attached hydrogens (tertiary/aromatic N) is 4. The minimum atomic E-state index is -4.48. The number of hydrogen-bond donors (Lipinski definition) is 2. The minimum absolute atomic E-state index is 0.0498. The van der Waals surface area contributed by atoms with Gasteiger partial charge in [-0.3, -0.25) is 4.90 Å². The highest BCUT2D eigenvalue weighted by Gasteiger charge is 2.30. The summed E-state index contributed by atoms with van der Waals surface area (Å²) >= 11 is 0. The van der Waals surface area contributed by atoms with Crippen LogP contribution in [-0.2, 0) is 17.5 Å². The third-order valence-corrected chi connectivity index (χ3v) is 6.17. The molecule has 11 heteroatoms. The van der Waals surface area contributed by atoms with Crippen LogP contribution in [0.5, 0.6) is 0 Å². The number of hydrogen-bond acceptors (Lipinski definition) is 5. The van der Waals surface area contributed by atoms with Crippen molar-refractivity contribution in [3.05, 3.63) is 72.6 Å². The van der Waals surface area contributed by atoms with Crippen LogP contribution in [0.4, 0.5) is 29.3 Å². The SMILES string of the molecule is O=C(Nc1ccc(-c2ccnc3c2cnn3CCN2CCOCC2)cc1)Nc1cccc(C(F)(F)F)c1. The van der Waals surface area contributed by atoms with Gasteiger partial charge in [0.15, 0.2) is 5.65 Å². The van der Waals surface area contributed by atoms with Gasteiger partial charge in [-0.15, -0.1) is 0 Å². The number of amides is 2. The van der Waals surface area contributed by atoms with E-state index < -0.39 is 17.8 Å². The molecule has 37 heavy (non-hydrogen) atoms. The fraction of sp³-hybridized carbons (Fsp3) is 0.269. The van der Waals surface area contributed by atoms with Crippen LogP contribution >= 0.6 is 0 Å². The average molecular weight is 511 g/mol. The lowest BCUT2D eigenvalue weighted by atomic mass is 10.0. The molecule has 2 amide bonds. The van der Waals surface area contributed by atoms with Crippen molar-refractivity contribution in [1.82, 2.24) is 19.7 Å². The number of benzene rings is 2. The Morgan fingerprint density at radius 1 is 0.973 bits per heavy atom. The lowest BCUT2D eigenvalue weighted by Crippen LogP contribution is -2.38. The molecular weight excluding hydrogens is 485 g/mol. The van der Waals surface area contributed by atoms with Crippen molar-refractivity contribution < 1.29 is 22.7 Å². The van der Waals surface area contributed by atoms with E-state index in [0.29, 0.717) is 5.69 Å². The summed E-state index contributed by atoms with van der Waals surface area (Å²) in [6, 6.07) is 12.9. The number of morpholine rings is 1. The van der Waals surface area contributed by atoms with Crippen LogP contribution in [0, 0.1) is 0 Å². The van der Waals surface area contributed by atoms with Gasteiger partial charge in [0.05, 0.1) is 31.5 Å². The van der Waals surface area contributed by atoms with Crippen molar-refractivity contribution in [1.29, 1.82) is 0 Å². The first-order valence-corrected chi connectivity index (χ1v) is 11.8. The number of nitrogens with one attached hydrogen (secondary N) is 2. The molecule has 0 spiro atoms. The van der Waals surface area contributed by atoms with Gasteiger partial charge in [-0.25, -0.2) is 14.5 Å². The molecule has 0 aliphatic carbocycles. The van der Waals surface area contributed by atoms with Crippen LogP contribution in [-0.4, -0.2) is 58.5 Å². The highest BCUT2D eigenvalue weighted by atomic mass is 19.4. The normalized spacial score (nSPS) is 14.6. The van der Waals surface area contributed by atoms with Crippen LogP contribution in [0.3, 0.4) is 0 Å². The number of carbonyl (C=O) groups is 1. The number of urea groups is 1. The van der Waals surface area contributed by atoms with Gasteiger partial charge in [0.25, 0.3) is 0 Å². The first-order chi connectivity index (χ1) is 17.9. The molecule has 1 aliphatic rings. The molecule has 0 saturated carbocycles. The number of fused-ring (bicyclic) bond motifs is 1. The van der Waals surface area contributed by atoms with Crippen molar-refractivity contribution in [2.24, 2.45) is 0 Å². The van der Waals surface area contributed by atoms with Crippen LogP contribution < -0.4 is 10.6 Å². The molecule has 2 aromatic heterocycles. The quantitative estimate of drug-likeness (QED) is 0.377. The highest BCUT2D eigenvalue weighted by molar-refractivity contribution is 6.00. The second-order valence-corrected chi connectivity index (χ2v) is 8.65. The zero-order chi connectivity index (χ0) is 25.8. The van der Waals surface area contributed by atoms with Crippen molar-refractivity contribution in [3.8, 4) is 11.1 Å². The van der Waals surface area contributed by atoms with Gasteiger partial charge in [-0.2, -0.15) is 18.3 Å². The lowest BCUT2D eigenvalue weighted by molar-refractivity contribution is -0.137. The second kappa shape index (κ2) is 10.6. The summed E-state index contributed by atoms with van der Waals surface area (Å²) in [6.07, 6.45) is -0.924. The maximum absolute atomic E-state index is 12.9. The van der Waals surface area contributed by atoms with Crippen LogP contribution in [0.15, 0.2) is 67.0 Å². The monoisotopic (exact) mass is 510 g/mol. The van der Waals surface area contributed by atoms with Gasteiger partial charge in [0.1, 0.15) is 0 Å². The van der Waals surface area contributed by atoms with Gasteiger partial charge >= 0.3 is 12.2 Å². The van der Waals surface area contributed by atoms with Crippen molar-refractivity contribution in [2.45, 2.75) is 12.7 Å². The standard InChI is InChI=1S/C26H25F3N6O2/c27-26(28,29)19-2-1-3-21(16-19)33-25(36)32-20-6-4-18(5-7-20)22-8-9-30-24-23(22)17-31-35(24)11-10-34-12-14-37-15-13-34/h1-9,16-17H,10-15H2,(H2,32,33,36). The molecule has 0 atom stereocenters. The summed E-state index contributed by atoms with van der Waals surface area (Å²) < 4.78 is 46.0. The Labute approximate surface area is 211 Å². The zero-order valence-electron chi connectivity index (χ0n) is 19.8. The van der Waals surface area contributed by atoms with Crippen molar-refractivity contribution in [3.63, 3.8) is 0 Å². The summed E-state index contributed by atoms with van der Waals surface area (Å²) in [5.74, 6) is 0. The summed E-state index contributed by atoms with van der Waals surface area (Å²) in [7, 11) is 0. The topological polar surface area (TPSA) is 84.3 Å². The molecule has 1 saturated heterocycles. The smallest absolute Gasteiger partial charge is 0.379 e. The van der Waals surface area contributed by atoms with Gasteiger partial charge in [-0.1, -0.05) is 18.2 Å². The fourth-order valence-corrected chi connectivity index (χ4v) is 4.25. The predicted molar refractivity (Wildman–Crippen MR) is 134 cm³/mol. The van der Waals surface area contributed by atoms with Crippen LogP contribution in [0.2, 0.25) is 0 Å². The van der Waals surface area contributed by atoms with E-state index in [9.17, 15) is 18.0 Å². The molecular formula is C26H25F3N6O2. The molecule has 5 rings (SSSR count). The van der Waals surface area contributed by atoms with E-state index in [0.717, 1.165) is 73.7 Å². The number of alkyl halides is 3. The molecule has 2 N–H and O–H groups in total. The average Bonchev–Trinajstić information content (AvgIpc) is 3.31. The largest absolute Gasteiger partial charge is 0.416 e. The Bertz CT molecular complexity index is 1380. The fourth-order valence-electron chi connectivity index (χ4n) is 4.25. The van der Waals surface area contributed by atoms with Crippen molar-refractivity contribution >= 4 is 28.4 Å².